The van der Waals surface area contributed by atoms with Gasteiger partial charge in [0, 0.05) is 24.5 Å². The van der Waals surface area contributed by atoms with Crippen molar-refractivity contribution in [2.45, 2.75) is 32.2 Å². The molecule has 1 atom stereocenters. The molecular formula is C16H21N3O. The van der Waals surface area contributed by atoms with Gasteiger partial charge in [0.25, 0.3) is 0 Å². The van der Waals surface area contributed by atoms with Crippen LogP contribution >= 0.6 is 0 Å². The van der Waals surface area contributed by atoms with Gasteiger partial charge < -0.3 is 9.88 Å². The Morgan fingerprint density at radius 3 is 2.65 bits per heavy atom. The maximum atomic E-state index is 12.4. The van der Waals surface area contributed by atoms with Crippen LogP contribution in [-0.2, 0) is 12.6 Å². The molecule has 0 aliphatic carbocycles. The van der Waals surface area contributed by atoms with Crippen LogP contribution in [0, 0.1) is 6.92 Å². The van der Waals surface area contributed by atoms with Gasteiger partial charge in [0.1, 0.15) is 0 Å². The summed E-state index contributed by atoms with van der Waals surface area (Å²) in [6, 6.07) is 8.21. The quantitative estimate of drug-likeness (QED) is 0.908. The number of aryl methyl sites for hydroxylation is 2. The lowest BCUT2D eigenvalue weighted by Gasteiger charge is -2.28. The maximum absolute atomic E-state index is 12.4. The zero-order valence-corrected chi connectivity index (χ0v) is 12.3. The molecule has 0 spiro atoms. The summed E-state index contributed by atoms with van der Waals surface area (Å²) in [5.41, 5.74) is 3.13. The fraction of sp³-hybridized carbons (Fsp3) is 0.438. The SMILES string of the molecule is Cc1cn(C)c(=O)n1-c1ccccc1C1(C)CCCN1. The number of aromatic nitrogens is 2. The molecule has 1 N–H and O–H groups in total. The molecule has 0 amide bonds. The highest BCUT2D eigenvalue weighted by molar-refractivity contribution is 5.46. The third-order valence-electron chi connectivity index (χ3n) is 4.33. The van der Waals surface area contributed by atoms with Gasteiger partial charge in [-0.3, -0.25) is 4.57 Å². The molecule has 1 unspecified atom stereocenters. The second-order valence-corrected chi connectivity index (χ2v) is 5.88. The topological polar surface area (TPSA) is 39.0 Å². The van der Waals surface area contributed by atoms with Gasteiger partial charge in [-0.2, -0.15) is 0 Å². The normalized spacial score (nSPS) is 22.4. The average molecular weight is 271 g/mol. The Labute approximate surface area is 119 Å². The summed E-state index contributed by atoms with van der Waals surface area (Å²) in [6.07, 6.45) is 4.15. The van der Waals surface area contributed by atoms with Gasteiger partial charge >= 0.3 is 5.69 Å². The number of hydrogen-bond donors (Lipinski definition) is 1. The van der Waals surface area contributed by atoms with Crippen LogP contribution in [0.5, 0.6) is 0 Å². The van der Waals surface area contributed by atoms with Gasteiger partial charge in [-0.1, -0.05) is 18.2 Å². The largest absolute Gasteiger partial charge is 0.332 e. The standard InChI is InChI=1S/C16H21N3O/c1-12-11-18(3)15(20)19(12)14-8-5-4-7-13(14)16(2)9-6-10-17-16/h4-5,7-8,11,17H,6,9-10H2,1-3H3. The minimum absolute atomic E-state index is 0.0107. The third kappa shape index (κ3) is 1.91. The third-order valence-corrected chi connectivity index (χ3v) is 4.33. The second kappa shape index (κ2) is 4.63. The number of nitrogens with one attached hydrogen (secondary N) is 1. The summed E-state index contributed by atoms with van der Waals surface area (Å²) >= 11 is 0. The van der Waals surface area contributed by atoms with E-state index in [0.29, 0.717) is 0 Å². The molecule has 0 bridgehead atoms. The first-order valence-corrected chi connectivity index (χ1v) is 7.13. The van der Waals surface area contributed by atoms with Crippen molar-refractivity contribution in [3.63, 3.8) is 0 Å². The minimum atomic E-state index is -0.0433. The van der Waals surface area contributed by atoms with Crippen molar-refractivity contribution in [2.24, 2.45) is 7.05 Å². The average Bonchev–Trinajstić information content (AvgIpc) is 2.96. The fourth-order valence-electron chi connectivity index (χ4n) is 3.25. The molecule has 4 heteroatoms. The summed E-state index contributed by atoms with van der Waals surface area (Å²) in [4.78, 5) is 12.4. The van der Waals surface area contributed by atoms with E-state index in [-0.39, 0.29) is 11.2 Å². The Hall–Kier alpha value is -1.81. The second-order valence-electron chi connectivity index (χ2n) is 5.88. The van der Waals surface area contributed by atoms with E-state index in [9.17, 15) is 4.79 Å². The van der Waals surface area contributed by atoms with Crippen LogP contribution in [0.2, 0.25) is 0 Å². The van der Waals surface area contributed by atoms with Crippen LogP contribution in [0.15, 0.2) is 35.3 Å². The van der Waals surface area contributed by atoms with Crippen LogP contribution in [-0.4, -0.2) is 15.7 Å². The molecule has 1 aliphatic heterocycles. The molecule has 1 aromatic carbocycles. The van der Waals surface area contributed by atoms with Gasteiger partial charge in [0.2, 0.25) is 0 Å². The first-order chi connectivity index (χ1) is 9.53. The molecule has 1 fully saturated rings. The summed E-state index contributed by atoms with van der Waals surface area (Å²) in [5, 5.41) is 3.58. The van der Waals surface area contributed by atoms with E-state index in [2.05, 4.69) is 18.3 Å². The van der Waals surface area contributed by atoms with E-state index >= 15 is 0 Å². The van der Waals surface area contributed by atoms with E-state index < -0.39 is 0 Å². The van der Waals surface area contributed by atoms with Gasteiger partial charge in [0.15, 0.2) is 0 Å². The highest BCUT2D eigenvalue weighted by Crippen LogP contribution is 2.34. The minimum Gasteiger partial charge on any atom is -0.308 e. The van der Waals surface area contributed by atoms with E-state index in [1.54, 1.807) is 16.2 Å². The fourth-order valence-corrected chi connectivity index (χ4v) is 3.25. The molecule has 1 aliphatic rings. The predicted octanol–water partition coefficient (Wildman–Crippen LogP) is 2.08. The van der Waals surface area contributed by atoms with Crippen LogP contribution < -0.4 is 11.0 Å². The molecule has 0 radical (unpaired) electrons. The maximum Gasteiger partial charge on any atom is 0.332 e. The summed E-state index contributed by atoms with van der Waals surface area (Å²) in [7, 11) is 1.80. The zero-order chi connectivity index (χ0) is 14.3. The van der Waals surface area contributed by atoms with Crippen LogP contribution in [0.25, 0.3) is 5.69 Å². The van der Waals surface area contributed by atoms with E-state index in [4.69, 9.17) is 0 Å². The zero-order valence-electron chi connectivity index (χ0n) is 12.3. The Bertz CT molecular complexity index is 690. The Balaban J connectivity index is 2.23. The van der Waals surface area contributed by atoms with Gasteiger partial charge in [-0.05, 0) is 44.9 Å². The molecule has 2 aromatic rings. The number of nitrogens with zero attached hydrogens (tertiary/aromatic N) is 2. The van der Waals surface area contributed by atoms with Gasteiger partial charge in [-0.15, -0.1) is 0 Å². The lowest BCUT2D eigenvalue weighted by atomic mass is 9.89. The van der Waals surface area contributed by atoms with Crippen LogP contribution in [0.1, 0.15) is 31.0 Å². The lowest BCUT2D eigenvalue weighted by molar-refractivity contribution is 0.433. The number of imidazole rings is 1. The van der Waals surface area contributed by atoms with Crippen molar-refractivity contribution in [1.82, 2.24) is 14.5 Å². The first kappa shape index (κ1) is 13.2. The Morgan fingerprint density at radius 2 is 2.05 bits per heavy atom. The summed E-state index contributed by atoms with van der Waals surface area (Å²) in [5.74, 6) is 0. The number of hydrogen-bond acceptors (Lipinski definition) is 2. The van der Waals surface area contributed by atoms with Crippen molar-refractivity contribution in [3.8, 4) is 5.69 Å². The molecule has 0 saturated carbocycles. The number of para-hydroxylation sites is 1. The van der Waals surface area contributed by atoms with Crippen LogP contribution in [0.3, 0.4) is 0 Å². The molecular weight excluding hydrogens is 250 g/mol. The van der Waals surface area contributed by atoms with Crippen molar-refractivity contribution in [3.05, 3.63) is 52.2 Å². The molecule has 20 heavy (non-hydrogen) atoms. The summed E-state index contributed by atoms with van der Waals surface area (Å²) < 4.78 is 3.44. The van der Waals surface area contributed by atoms with Gasteiger partial charge in [-0.25, -0.2) is 4.79 Å². The van der Waals surface area contributed by atoms with E-state index in [0.717, 1.165) is 24.3 Å². The Kier molecular flexibility index (Phi) is 3.05. The lowest BCUT2D eigenvalue weighted by Crippen LogP contribution is -2.35. The van der Waals surface area contributed by atoms with Crippen molar-refractivity contribution in [2.75, 3.05) is 6.54 Å². The number of benzene rings is 1. The molecule has 4 nitrogen and oxygen atoms in total. The van der Waals surface area contributed by atoms with Crippen LogP contribution in [0.4, 0.5) is 0 Å². The van der Waals surface area contributed by atoms with Crippen molar-refractivity contribution < 1.29 is 0 Å². The van der Waals surface area contributed by atoms with Crippen molar-refractivity contribution in [1.29, 1.82) is 0 Å². The number of rotatable bonds is 2. The first-order valence-electron chi connectivity index (χ1n) is 7.13. The molecule has 106 valence electrons. The molecule has 1 aromatic heterocycles. The predicted molar refractivity (Wildman–Crippen MR) is 80.3 cm³/mol. The van der Waals surface area contributed by atoms with Gasteiger partial charge in [0.05, 0.1) is 5.69 Å². The smallest absolute Gasteiger partial charge is 0.308 e. The molecule has 2 heterocycles. The van der Waals surface area contributed by atoms with E-state index in [1.165, 1.54) is 12.0 Å². The molecule has 3 rings (SSSR count). The van der Waals surface area contributed by atoms with Crippen molar-refractivity contribution >= 4 is 0 Å². The highest BCUT2D eigenvalue weighted by atomic mass is 16.1. The monoisotopic (exact) mass is 271 g/mol. The highest BCUT2D eigenvalue weighted by Gasteiger charge is 2.32. The Morgan fingerprint density at radius 1 is 1.30 bits per heavy atom. The van der Waals surface area contributed by atoms with E-state index in [1.807, 2.05) is 31.3 Å². The molecule has 1 saturated heterocycles. The summed E-state index contributed by atoms with van der Waals surface area (Å²) in [6.45, 7) is 5.23.